The zero-order valence-corrected chi connectivity index (χ0v) is 21.4. The number of azo groups is 1. The van der Waals surface area contributed by atoms with Gasteiger partial charge in [0.25, 0.3) is 11.5 Å². The number of rotatable bonds is 11. The van der Waals surface area contributed by atoms with Gasteiger partial charge in [0, 0.05) is 17.7 Å². The monoisotopic (exact) mass is 495 g/mol. The standard InChI is InChI=1S/C26H33N5O5/c1-6-8-9-18(7-2)15-31-24(33)21(14-27)16(3)22(25(31)34)30-29-20-12-10-19(11-13-20)23(32)28-17(4)26(35)36-5/h10-13,17-18,33H,6-9,15H2,1-5H3,(H,28,32). The summed E-state index contributed by atoms with van der Waals surface area (Å²) in [5.41, 5.74) is 0.366. The van der Waals surface area contributed by atoms with Crippen LogP contribution < -0.4 is 10.9 Å². The maximum atomic E-state index is 13.2. The number of methoxy groups -OCH3 is 1. The molecule has 36 heavy (non-hydrogen) atoms. The van der Waals surface area contributed by atoms with E-state index in [4.69, 9.17) is 0 Å². The van der Waals surface area contributed by atoms with Gasteiger partial charge in [0.1, 0.15) is 17.7 Å². The lowest BCUT2D eigenvalue weighted by Gasteiger charge is -2.19. The van der Waals surface area contributed by atoms with Gasteiger partial charge in [0.05, 0.1) is 12.8 Å². The summed E-state index contributed by atoms with van der Waals surface area (Å²) in [4.78, 5) is 37.0. The summed E-state index contributed by atoms with van der Waals surface area (Å²) in [6.45, 7) is 7.47. The number of hydrogen-bond acceptors (Lipinski definition) is 8. The number of unbranched alkanes of at least 4 members (excludes halogenated alkanes) is 1. The fraction of sp³-hybridized carbons (Fsp3) is 0.462. The third kappa shape index (κ3) is 6.78. The topological polar surface area (TPSA) is 146 Å². The van der Waals surface area contributed by atoms with E-state index in [1.807, 2.05) is 13.0 Å². The number of aromatic hydroxyl groups is 1. The summed E-state index contributed by atoms with van der Waals surface area (Å²) >= 11 is 0. The highest BCUT2D eigenvalue weighted by Crippen LogP contribution is 2.28. The van der Waals surface area contributed by atoms with Gasteiger partial charge in [0.2, 0.25) is 5.88 Å². The van der Waals surface area contributed by atoms with E-state index in [0.717, 1.165) is 25.7 Å². The zero-order chi connectivity index (χ0) is 26.8. The van der Waals surface area contributed by atoms with Gasteiger partial charge in [-0.25, -0.2) is 4.79 Å². The Balaban J connectivity index is 2.33. The molecule has 1 amide bonds. The Bertz CT molecular complexity index is 1210. The van der Waals surface area contributed by atoms with E-state index in [1.54, 1.807) is 19.1 Å². The van der Waals surface area contributed by atoms with Crippen molar-refractivity contribution in [1.82, 2.24) is 9.88 Å². The zero-order valence-electron chi connectivity index (χ0n) is 21.4. The molecule has 0 saturated heterocycles. The molecule has 2 aromatic rings. The van der Waals surface area contributed by atoms with E-state index >= 15 is 0 Å². The summed E-state index contributed by atoms with van der Waals surface area (Å²) in [7, 11) is 1.24. The van der Waals surface area contributed by atoms with Crippen molar-refractivity contribution in [2.75, 3.05) is 7.11 Å². The molecule has 192 valence electrons. The van der Waals surface area contributed by atoms with Crippen LogP contribution in [0.3, 0.4) is 0 Å². The highest BCUT2D eigenvalue weighted by atomic mass is 16.5. The molecule has 2 unspecified atom stereocenters. The smallest absolute Gasteiger partial charge is 0.328 e. The van der Waals surface area contributed by atoms with Crippen molar-refractivity contribution in [2.24, 2.45) is 16.1 Å². The van der Waals surface area contributed by atoms with Gasteiger partial charge in [0.15, 0.2) is 5.69 Å². The minimum absolute atomic E-state index is 0.0133. The van der Waals surface area contributed by atoms with Crippen LogP contribution >= 0.6 is 0 Å². The fourth-order valence-corrected chi connectivity index (χ4v) is 3.70. The molecule has 1 aromatic carbocycles. The number of carbonyl (C=O) groups excluding carboxylic acids is 2. The van der Waals surface area contributed by atoms with Gasteiger partial charge in [-0.3, -0.25) is 14.2 Å². The average molecular weight is 496 g/mol. The lowest BCUT2D eigenvalue weighted by atomic mass is 9.99. The first-order valence-electron chi connectivity index (χ1n) is 11.9. The van der Waals surface area contributed by atoms with Crippen LogP contribution in [-0.2, 0) is 16.1 Å². The molecule has 2 N–H and O–H groups in total. The van der Waals surface area contributed by atoms with Gasteiger partial charge >= 0.3 is 5.97 Å². The van der Waals surface area contributed by atoms with Crippen molar-refractivity contribution in [2.45, 2.75) is 66.0 Å². The number of ether oxygens (including phenoxy) is 1. The first-order valence-corrected chi connectivity index (χ1v) is 11.9. The Labute approximate surface area is 210 Å². The Hall–Kier alpha value is -4.00. The molecule has 0 radical (unpaired) electrons. The summed E-state index contributed by atoms with van der Waals surface area (Å²) in [5.74, 6) is -1.20. The first-order chi connectivity index (χ1) is 17.2. The first kappa shape index (κ1) is 28.2. The Morgan fingerprint density at radius 2 is 1.89 bits per heavy atom. The highest BCUT2D eigenvalue weighted by Gasteiger charge is 2.21. The molecule has 2 rings (SSSR count). The average Bonchev–Trinajstić information content (AvgIpc) is 2.88. The number of esters is 1. The molecule has 0 fully saturated rings. The van der Waals surface area contributed by atoms with Gasteiger partial charge < -0.3 is 15.2 Å². The predicted octanol–water partition coefficient (Wildman–Crippen LogP) is 4.66. The second-order valence-corrected chi connectivity index (χ2v) is 8.58. The number of benzene rings is 1. The van der Waals surface area contributed by atoms with Crippen LogP contribution in [0.4, 0.5) is 11.4 Å². The van der Waals surface area contributed by atoms with Gasteiger partial charge in [-0.15, -0.1) is 5.11 Å². The number of pyridine rings is 1. The number of nitrogens with one attached hydrogen (secondary N) is 1. The Morgan fingerprint density at radius 1 is 1.22 bits per heavy atom. The van der Waals surface area contributed by atoms with Crippen molar-refractivity contribution in [1.29, 1.82) is 5.26 Å². The van der Waals surface area contributed by atoms with Gasteiger partial charge in [-0.05, 0) is 50.5 Å². The van der Waals surface area contributed by atoms with Crippen LogP contribution in [-0.4, -0.2) is 34.7 Å². The van der Waals surface area contributed by atoms with Gasteiger partial charge in [-0.1, -0.05) is 33.1 Å². The third-order valence-electron chi connectivity index (χ3n) is 6.05. The van der Waals surface area contributed by atoms with E-state index in [-0.39, 0.29) is 35.2 Å². The van der Waals surface area contributed by atoms with Crippen molar-refractivity contribution >= 4 is 23.3 Å². The summed E-state index contributed by atoms with van der Waals surface area (Å²) < 4.78 is 5.80. The van der Waals surface area contributed by atoms with E-state index in [1.165, 1.54) is 30.7 Å². The molecule has 0 aliphatic carbocycles. The van der Waals surface area contributed by atoms with Crippen LogP contribution in [0, 0.1) is 24.2 Å². The van der Waals surface area contributed by atoms with Crippen LogP contribution in [0.5, 0.6) is 5.88 Å². The summed E-state index contributed by atoms with van der Waals surface area (Å²) in [6.07, 6.45) is 3.77. The number of nitriles is 1. The van der Waals surface area contributed by atoms with E-state index in [9.17, 15) is 24.8 Å². The quantitative estimate of drug-likeness (QED) is 0.342. The second-order valence-electron chi connectivity index (χ2n) is 8.58. The molecule has 0 aliphatic heterocycles. The lowest BCUT2D eigenvalue weighted by Crippen LogP contribution is -2.39. The van der Waals surface area contributed by atoms with Crippen molar-refractivity contribution in [3.63, 3.8) is 0 Å². The van der Waals surface area contributed by atoms with E-state index in [0.29, 0.717) is 11.3 Å². The minimum Gasteiger partial charge on any atom is -0.493 e. The molecular formula is C26H33N5O5. The number of carbonyl (C=O) groups is 2. The summed E-state index contributed by atoms with van der Waals surface area (Å²) in [6, 6.07) is 7.26. The van der Waals surface area contributed by atoms with Crippen LogP contribution in [0.2, 0.25) is 0 Å². The van der Waals surface area contributed by atoms with E-state index < -0.39 is 23.5 Å². The molecule has 2 atom stereocenters. The maximum Gasteiger partial charge on any atom is 0.328 e. The number of aromatic nitrogens is 1. The SMILES string of the molecule is CCCCC(CC)Cn1c(O)c(C#N)c(C)c(N=Nc2ccc(C(=O)NC(C)C(=O)OC)cc2)c1=O. The molecule has 10 heteroatoms. The molecule has 0 bridgehead atoms. The lowest BCUT2D eigenvalue weighted by molar-refractivity contribution is -0.142. The Kier molecular flexibility index (Phi) is 10.3. The number of hydrogen-bond donors (Lipinski definition) is 2. The molecular weight excluding hydrogens is 462 g/mol. The largest absolute Gasteiger partial charge is 0.493 e. The molecule has 0 saturated carbocycles. The maximum absolute atomic E-state index is 13.2. The third-order valence-corrected chi connectivity index (χ3v) is 6.05. The Morgan fingerprint density at radius 3 is 2.44 bits per heavy atom. The van der Waals surface area contributed by atoms with Crippen molar-refractivity contribution in [3.05, 3.63) is 51.3 Å². The second kappa shape index (κ2) is 13.2. The molecule has 0 spiro atoms. The van der Waals surface area contributed by atoms with Crippen LogP contribution in [0.15, 0.2) is 39.3 Å². The fourth-order valence-electron chi connectivity index (χ4n) is 3.70. The minimum atomic E-state index is -0.801. The molecule has 0 aliphatic rings. The molecule has 1 aromatic heterocycles. The molecule has 10 nitrogen and oxygen atoms in total. The van der Waals surface area contributed by atoms with Crippen LogP contribution in [0.25, 0.3) is 0 Å². The normalized spacial score (nSPS) is 12.7. The van der Waals surface area contributed by atoms with Crippen molar-refractivity contribution < 1.29 is 19.4 Å². The van der Waals surface area contributed by atoms with E-state index in [2.05, 4.69) is 27.2 Å². The van der Waals surface area contributed by atoms with Crippen molar-refractivity contribution in [3.8, 4) is 11.9 Å². The van der Waals surface area contributed by atoms with Crippen LogP contribution in [0.1, 0.15) is 67.9 Å². The summed E-state index contributed by atoms with van der Waals surface area (Å²) in [5, 5.41) is 31.0. The highest BCUT2D eigenvalue weighted by molar-refractivity contribution is 5.96. The van der Waals surface area contributed by atoms with Gasteiger partial charge in [-0.2, -0.15) is 10.4 Å². The number of amides is 1. The molecule has 1 heterocycles. The predicted molar refractivity (Wildman–Crippen MR) is 135 cm³/mol. The number of nitrogens with zero attached hydrogens (tertiary/aromatic N) is 4.